The quantitative estimate of drug-likeness (QED) is 0.584. The van der Waals surface area contributed by atoms with Crippen molar-refractivity contribution in [1.29, 1.82) is 0 Å². The van der Waals surface area contributed by atoms with Crippen LogP contribution >= 0.6 is 11.8 Å². The molecule has 3 atom stereocenters. The van der Waals surface area contributed by atoms with Crippen LogP contribution in [0.2, 0.25) is 0 Å². The van der Waals surface area contributed by atoms with Gasteiger partial charge in [-0.1, -0.05) is 61.4 Å². The zero-order valence-corrected chi connectivity index (χ0v) is 18.7. The fourth-order valence-corrected chi connectivity index (χ4v) is 5.32. The van der Waals surface area contributed by atoms with Gasteiger partial charge in [0.15, 0.2) is 0 Å². The topological polar surface area (TPSA) is 49.4 Å². The van der Waals surface area contributed by atoms with Crippen molar-refractivity contribution >= 4 is 28.7 Å². The van der Waals surface area contributed by atoms with Crippen LogP contribution in [0.3, 0.4) is 0 Å². The molecule has 0 bridgehead atoms. The highest BCUT2D eigenvalue weighted by molar-refractivity contribution is 8.00. The second-order valence-electron chi connectivity index (χ2n) is 6.97. The number of nitrogens with one attached hydrogen (secondary N) is 1. The average Bonchev–Trinajstić information content (AvgIpc) is 2.70. The van der Waals surface area contributed by atoms with Crippen molar-refractivity contribution in [2.45, 2.75) is 42.9 Å². The Morgan fingerprint density at radius 2 is 1.75 bits per heavy atom. The SMILES string of the molecule is CCCCS[C@@H](C(=O)N(C)C)[C@H](NS(=O)c1ccc(C)cc1)c1ccccc1. The third-order valence-corrected chi connectivity index (χ3v) is 6.94. The van der Waals surface area contributed by atoms with Gasteiger partial charge in [0, 0.05) is 14.1 Å². The molecule has 0 aliphatic heterocycles. The molecule has 4 nitrogen and oxygen atoms in total. The molecule has 28 heavy (non-hydrogen) atoms. The Labute approximate surface area is 175 Å². The summed E-state index contributed by atoms with van der Waals surface area (Å²) in [6.07, 6.45) is 2.12. The van der Waals surface area contributed by atoms with E-state index in [0.717, 1.165) is 29.7 Å². The van der Waals surface area contributed by atoms with Crippen LogP contribution in [0.1, 0.15) is 36.9 Å². The number of benzene rings is 2. The van der Waals surface area contributed by atoms with Gasteiger partial charge in [-0.05, 0) is 36.8 Å². The minimum absolute atomic E-state index is 0.0309. The van der Waals surface area contributed by atoms with Gasteiger partial charge in [-0.3, -0.25) is 4.79 Å². The van der Waals surface area contributed by atoms with Gasteiger partial charge in [0.1, 0.15) is 16.2 Å². The molecule has 0 aliphatic carbocycles. The highest BCUT2D eigenvalue weighted by Gasteiger charge is 2.32. The third kappa shape index (κ3) is 6.47. The highest BCUT2D eigenvalue weighted by atomic mass is 32.2. The molecule has 1 N–H and O–H groups in total. The van der Waals surface area contributed by atoms with Crippen molar-refractivity contribution in [2.75, 3.05) is 19.8 Å². The first kappa shape index (κ1) is 22.7. The zero-order valence-electron chi connectivity index (χ0n) is 17.1. The Morgan fingerprint density at radius 3 is 2.32 bits per heavy atom. The predicted molar refractivity (Wildman–Crippen MR) is 120 cm³/mol. The molecular formula is C22H30N2O2S2. The second-order valence-corrected chi connectivity index (χ2v) is 9.46. The van der Waals surface area contributed by atoms with E-state index in [-0.39, 0.29) is 17.2 Å². The summed E-state index contributed by atoms with van der Waals surface area (Å²) in [5.74, 6) is 0.923. The Hall–Kier alpha value is -1.63. The van der Waals surface area contributed by atoms with E-state index in [4.69, 9.17) is 0 Å². The van der Waals surface area contributed by atoms with Gasteiger partial charge >= 0.3 is 0 Å². The standard InChI is InChI=1S/C22H30N2O2S2/c1-5-6-16-27-21(22(25)24(3)4)20(18-10-8-7-9-11-18)23-28(26)19-14-12-17(2)13-15-19/h7-15,20-21,23H,5-6,16H2,1-4H3/t20-,21-,28?/m1/s1. The molecule has 2 aromatic carbocycles. The maximum absolute atomic E-state index is 13.0. The van der Waals surface area contributed by atoms with Crippen molar-refractivity contribution in [2.24, 2.45) is 0 Å². The third-order valence-electron chi connectivity index (χ3n) is 4.41. The molecule has 2 rings (SSSR count). The number of carbonyl (C=O) groups excluding carboxylic acids is 1. The minimum atomic E-state index is -1.41. The van der Waals surface area contributed by atoms with Crippen LogP contribution in [0.5, 0.6) is 0 Å². The lowest BCUT2D eigenvalue weighted by atomic mass is 10.0. The number of thioether (sulfide) groups is 1. The Kier molecular flexibility index (Phi) is 9.22. The minimum Gasteiger partial charge on any atom is -0.348 e. The molecule has 0 aromatic heterocycles. The van der Waals surface area contributed by atoms with E-state index in [9.17, 15) is 9.00 Å². The van der Waals surface area contributed by atoms with Gasteiger partial charge in [0.25, 0.3) is 0 Å². The van der Waals surface area contributed by atoms with E-state index in [1.807, 2.05) is 61.5 Å². The first-order valence-corrected chi connectivity index (χ1v) is 11.8. The molecule has 0 saturated heterocycles. The zero-order chi connectivity index (χ0) is 20.5. The predicted octanol–water partition coefficient (Wildman–Crippen LogP) is 4.34. The number of aryl methyl sites for hydroxylation is 1. The van der Waals surface area contributed by atoms with Crippen LogP contribution in [-0.4, -0.2) is 40.1 Å². The van der Waals surface area contributed by atoms with Crippen LogP contribution < -0.4 is 4.72 Å². The van der Waals surface area contributed by atoms with Gasteiger partial charge in [0.2, 0.25) is 5.91 Å². The second kappa shape index (κ2) is 11.4. The lowest BCUT2D eigenvalue weighted by Crippen LogP contribution is -2.42. The molecular weight excluding hydrogens is 388 g/mol. The number of hydrogen-bond acceptors (Lipinski definition) is 3. The largest absolute Gasteiger partial charge is 0.348 e. The normalized spacial score (nSPS) is 14.3. The molecule has 0 fully saturated rings. The number of hydrogen-bond donors (Lipinski definition) is 1. The molecule has 0 radical (unpaired) electrons. The number of carbonyl (C=O) groups is 1. The summed E-state index contributed by atoms with van der Waals surface area (Å²) < 4.78 is 16.3. The summed E-state index contributed by atoms with van der Waals surface area (Å²) in [5, 5.41) is -0.349. The van der Waals surface area contributed by atoms with Gasteiger partial charge in [-0.25, -0.2) is 8.93 Å². The van der Waals surface area contributed by atoms with Gasteiger partial charge in [-0.15, -0.1) is 11.8 Å². The van der Waals surface area contributed by atoms with Crippen LogP contribution in [-0.2, 0) is 15.8 Å². The van der Waals surface area contributed by atoms with Gasteiger partial charge < -0.3 is 4.90 Å². The summed E-state index contributed by atoms with van der Waals surface area (Å²) in [4.78, 5) is 15.3. The van der Waals surface area contributed by atoms with E-state index in [1.165, 1.54) is 0 Å². The van der Waals surface area contributed by atoms with Crippen molar-refractivity contribution in [3.8, 4) is 0 Å². The molecule has 0 spiro atoms. The molecule has 1 amide bonds. The Balaban J connectivity index is 2.33. The number of rotatable bonds is 10. The lowest BCUT2D eigenvalue weighted by Gasteiger charge is -2.29. The van der Waals surface area contributed by atoms with Crippen LogP contribution in [0, 0.1) is 6.92 Å². The van der Waals surface area contributed by atoms with E-state index in [1.54, 1.807) is 30.8 Å². The smallest absolute Gasteiger partial charge is 0.237 e. The molecule has 0 aliphatic rings. The molecule has 0 saturated carbocycles. The van der Waals surface area contributed by atoms with Crippen molar-refractivity contribution < 1.29 is 9.00 Å². The van der Waals surface area contributed by atoms with Gasteiger partial charge in [-0.2, -0.15) is 0 Å². The summed E-state index contributed by atoms with van der Waals surface area (Å²) in [6.45, 7) is 4.14. The number of unbranched alkanes of at least 4 members (excludes halogenated alkanes) is 1. The summed E-state index contributed by atoms with van der Waals surface area (Å²) in [7, 11) is 2.13. The molecule has 2 aromatic rings. The van der Waals surface area contributed by atoms with Crippen LogP contribution in [0.4, 0.5) is 0 Å². The first-order chi connectivity index (χ1) is 13.4. The van der Waals surface area contributed by atoms with E-state index < -0.39 is 11.0 Å². The maximum atomic E-state index is 13.0. The van der Waals surface area contributed by atoms with E-state index in [2.05, 4.69) is 11.6 Å². The fourth-order valence-electron chi connectivity index (χ4n) is 2.73. The van der Waals surface area contributed by atoms with Crippen LogP contribution in [0.25, 0.3) is 0 Å². The molecule has 6 heteroatoms. The summed E-state index contributed by atoms with van der Waals surface area (Å²) in [5.41, 5.74) is 2.09. The van der Waals surface area contributed by atoms with Crippen molar-refractivity contribution in [3.05, 3.63) is 65.7 Å². The monoisotopic (exact) mass is 418 g/mol. The van der Waals surface area contributed by atoms with Crippen molar-refractivity contribution in [1.82, 2.24) is 9.62 Å². The summed E-state index contributed by atoms with van der Waals surface area (Å²) in [6, 6.07) is 17.1. The van der Waals surface area contributed by atoms with Crippen LogP contribution in [0.15, 0.2) is 59.5 Å². The van der Waals surface area contributed by atoms with Crippen molar-refractivity contribution in [3.63, 3.8) is 0 Å². The maximum Gasteiger partial charge on any atom is 0.237 e. The summed E-state index contributed by atoms with van der Waals surface area (Å²) >= 11 is 1.64. The highest BCUT2D eigenvalue weighted by Crippen LogP contribution is 2.30. The number of nitrogens with zero attached hydrogens (tertiary/aromatic N) is 1. The molecule has 1 unspecified atom stereocenters. The fraction of sp³-hybridized carbons (Fsp3) is 0.409. The Bertz CT molecular complexity index is 764. The molecule has 152 valence electrons. The van der Waals surface area contributed by atoms with E-state index >= 15 is 0 Å². The Morgan fingerprint density at radius 1 is 1.11 bits per heavy atom. The molecule has 0 heterocycles. The van der Waals surface area contributed by atoms with E-state index in [0.29, 0.717) is 4.90 Å². The first-order valence-electron chi connectivity index (χ1n) is 9.56. The number of amides is 1. The average molecular weight is 419 g/mol. The van der Waals surface area contributed by atoms with Gasteiger partial charge in [0.05, 0.1) is 10.9 Å². The lowest BCUT2D eigenvalue weighted by molar-refractivity contribution is -0.128.